The highest BCUT2D eigenvalue weighted by Gasteiger charge is 2.45. The van der Waals surface area contributed by atoms with Crippen molar-refractivity contribution in [3.05, 3.63) is 47.5 Å². The Labute approximate surface area is 195 Å². The zero-order chi connectivity index (χ0) is 23.0. The molecule has 0 bridgehead atoms. The summed E-state index contributed by atoms with van der Waals surface area (Å²) in [5, 5.41) is 3.95. The topological polar surface area (TPSA) is 97.9 Å². The van der Waals surface area contributed by atoms with Gasteiger partial charge in [-0.3, -0.25) is 9.89 Å². The maximum Gasteiger partial charge on any atom is 0.162 e. The molecule has 33 heavy (non-hydrogen) atoms. The largest absolute Gasteiger partial charge is 0.493 e. The molecule has 2 aliphatic rings. The first-order valence-corrected chi connectivity index (χ1v) is 11.0. The van der Waals surface area contributed by atoms with Gasteiger partial charge < -0.3 is 20.5 Å². The maximum absolute atomic E-state index is 13.5. The summed E-state index contributed by atoms with van der Waals surface area (Å²) in [6.07, 6.45) is 2.34. The molecule has 1 spiro atoms. The van der Waals surface area contributed by atoms with E-state index in [0.717, 1.165) is 43.8 Å². The van der Waals surface area contributed by atoms with E-state index in [1.54, 1.807) is 13.2 Å². The zero-order valence-electron chi connectivity index (χ0n) is 18.1. The van der Waals surface area contributed by atoms with Gasteiger partial charge in [-0.05, 0) is 24.3 Å². The number of nitrogens with zero attached hydrogens (tertiary/aromatic N) is 4. The fourth-order valence-electron chi connectivity index (χ4n) is 4.47. The molecule has 0 unspecified atom stereocenters. The monoisotopic (exact) mass is 470 g/mol. The Morgan fingerprint density at radius 3 is 2.79 bits per heavy atom. The first kappa shape index (κ1) is 21.7. The highest BCUT2D eigenvalue weighted by Crippen LogP contribution is 2.38. The number of ether oxygens (including phenoxy) is 2. The van der Waals surface area contributed by atoms with Gasteiger partial charge in [-0.15, -0.1) is 0 Å². The Balaban J connectivity index is 1.30. The van der Waals surface area contributed by atoms with Crippen LogP contribution in [0.1, 0.15) is 6.42 Å². The lowest BCUT2D eigenvalue weighted by Gasteiger charge is -2.47. The Hall–Kier alpha value is -3.17. The number of aromatic nitrogens is 2. The second kappa shape index (κ2) is 8.64. The van der Waals surface area contributed by atoms with Gasteiger partial charge in [-0.1, -0.05) is 11.6 Å². The Bertz CT molecular complexity index is 1230. The molecule has 3 aromatic rings. The molecular weight excluding hydrogens is 447 g/mol. The van der Waals surface area contributed by atoms with Crippen molar-refractivity contribution in [1.29, 1.82) is 0 Å². The summed E-state index contributed by atoms with van der Waals surface area (Å²) in [4.78, 5) is 15.4. The van der Waals surface area contributed by atoms with Crippen LogP contribution in [0.4, 0.5) is 15.9 Å². The molecule has 2 aromatic carbocycles. The summed E-state index contributed by atoms with van der Waals surface area (Å²) in [5.74, 6) is 2.03. The second-order valence-corrected chi connectivity index (χ2v) is 8.95. The first-order chi connectivity index (χ1) is 15.9. The van der Waals surface area contributed by atoms with E-state index in [1.807, 2.05) is 12.1 Å². The average molecular weight is 471 g/mol. The fraction of sp³-hybridized carbons (Fsp3) is 0.348. The summed E-state index contributed by atoms with van der Waals surface area (Å²) in [7, 11) is 1.60. The number of hydrogen-bond acceptors (Lipinski definition) is 8. The van der Waals surface area contributed by atoms with Crippen molar-refractivity contribution >= 4 is 39.8 Å². The average Bonchev–Trinajstić information content (AvgIpc) is 3.17. The molecular formula is C23H24ClFN6O2. The molecule has 0 aliphatic carbocycles. The number of nitrogens with two attached hydrogens (primary N) is 1. The molecule has 1 fully saturated rings. The maximum atomic E-state index is 13.5. The van der Waals surface area contributed by atoms with Crippen LogP contribution in [-0.2, 0) is 0 Å². The summed E-state index contributed by atoms with van der Waals surface area (Å²) < 4.78 is 25.1. The highest BCUT2D eigenvalue weighted by atomic mass is 35.5. The van der Waals surface area contributed by atoms with Gasteiger partial charge in [0.2, 0.25) is 0 Å². The van der Waals surface area contributed by atoms with Crippen molar-refractivity contribution in [1.82, 2.24) is 14.9 Å². The SMILES string of the molecule is COc1cc2ncnc(Nc3ccc(F)c(Cl)c3)c2cc1OCCN1CC2(CN=C(N)C2)C1. The van der Waals surface area contributed by atoms with Gasteiger partial charge in [0.15, 0.2) is 11.5 Å². The molecule has 0 radical (unpaired) electrons. The van der Waals surface area contributed by atoms with Crippen LogP contribution in [0.25, 0.3) is 10.9 Å². The molecule has 3 N–H and O–H groups in total. The molecule has 1 saturated heterocycles. The van der Waals surface area contributed by atoms with E-state index in [-0.39, 0.29) is 10.4 Å². The molecule has 2 aliphatic heterocycles. The quantitative estimate of drug-likeness (QED) is 0.544. The van der Waals surface area contributed by atoms with Gasteiger partial charge in [0.05, 0.1) is 23.5 Å². The number of anilines is 2. The molecule has 10 heteroatoms. The van der Waals surface area contributed by atoms with Crippen LogP contribution in [0.2, 0.25) is 5.02 Å². The minimum atomic E-state index is -0.479. The van der Waals surface area contributed by atoms with Gasteiger partial charge in [0.25, 0.3) is 0 Å². The van der Waals surface area contributed by atoms with Gasteiger partial charge in [-0.2, -0.15) is 0 Å². The number of fused-ring (bicyclic) bond motifs is 1. The number of likely N-dealkylation sites (tertiary alicyclic amines) is 1. The van der Waals surface area contributed by atoms with E-state index in [0.29, 0.717) is 35.1 Å². The van der Waals surface area contributed by atoms with Gasteiger partial charge in [0.1, 0.15) is 24.6 Å². The number of amidine groups is 1. The van der Waals surface area contributed by atoms with Crippen molar-refractivity contribution in [2.45, 2.75) is 6.42 Å². The minimum absolute atomic E-state index is 0.0312. The lowest BCUT2D eigenvalue weighted by Crippen LogP contribution is -2.58. The summed E-state index contributed by atoms with van der Waals surface area (Å²) >= 11 is 5.91. The molecule has 8 nitrogen and oxygen atoms in total. The van der Waals surface area contributed by atoms with E-state index in [2.05, 4.69) is 25.2 Å². The normalized spacial score (nSPS) is 17.1. The third-order valence-electron chi connectivity index (χ3n) is 6.06. The third kappa shape index (κ3) is 4.38. The van der Waals surface area contributed by atoms with Crippen LogP contribution in [0.5, 0.6) is 11.5 Å². The van der Waals surface area contributed by atoms with Crippen LogP contribution < -0.4 is 20.5 Å². The van der Waals surface area contributed by atoms with Crippen molar-refractivity contribution < 1.29 is 13.9 Å². The summed E-state index contributed by atoms with van der Waals surface area (Å²) in [6, 6.07) is 8.07. The van der Waals surface area contributed by atoms with Gasteiger partial charge >= 0.3 is 0 Å². The van der Waals surface area contributed by atoms with Crippen LogP contribution in [0, 0.1) is 11.2 Å². The Morgan fingerprint density at radius 1 is 1.21 bits per heavy atom. The number of halogens is 2. The number of aliphatic imine (C=N–C) groups is 1. The first-order valence-electron chi connectivity index (χ1n) is 10.6. The predicted molar refractivity (Wildman–Crippen MR) is 126 cm³/mol. The standard InChI is InChI=1S/C23H24ClFN6O2/c1-32-19-8-18-15(22(29-13-28-18)30-14-2-3-17(25)16(24)6-14)7-20(19)33-5-4-31-11-23(12-31)9-21(26)27-10-23/h2-3,6-8,13H,4-5,9-12H2,1H3,(H2,26,27)(H,28,29,30). The molecule has 0 amide bonds. The number of nitrogens with one attached hydrogen (secondary N) is 1. The summed E-state index contributed by atoms with van der Waals surface area (Å²) in [6.45, 7) is 4.10. The molecule has 3 heterocycles. The van der Waals surface area contributed by atoms with E-state index in [1.165, 1.54) is 18.5 Å². The van der Waals surface area contributed by atoms with Gasteiger partial charge in [0, 0.05) is 55.2 Å². The van der Waals surface area contributed by atoms with E-state index < -0.39 is 5.82 Å². The van der Waals surface area contributed by atoms with Crippen LogP contribution >= 0.6 is 11.6 Å². The smallest absolute Gasteiger partial charge is 0.162 e. The van der Waals surface area contributed by atoms with Crippen LogP contribution in [0.3, 0.4) is 0 Å². The van der Waals surface area contributed by atoms with Crippen molar-refractivity contribution in [3.63, 3.8) is 0 Å². The number of benzene rings is 2. The number of hydrogen-bond donors (Lipinski definition) is 2. The van der Waals surface area contributed by atoms with E-state index in [4.69, 9.17) is 26.8 Å². The highest BCUT2D eigenvalue weighted by molar-refractivity contribution is 6.31. The van der Waals surface area contributed by atoms with Crippen LogP contribution in [0.15, 0.2) is 41.7 Å². The van der Waals surface area contributed by atoms with Gasteiger partial charge in [-0.25, -0.2) is 14.4 Å². The number of rotatable bonds is 7. The minimum Gasteiger partial charge on any atom is -0.493 e. The van der Waals surface area contributed by atoms with Crippen molar-refractivity contribution in [2.75, 3.05) is 45.2 Å². The molecule has 0 saturated carbocycles. The summed E-state index contributed by atoms with van der Waals surface area (Å²) in [5.41, 5.74) is 7.38. The molecule has 172 valence electrons. The third-order valence-corrected chi connectivity index (χ3v) is 6.35. The fourth-order valence-corrected chi connectivity index (χ4v) is 4.65. The van der Waals surface area contributed by atoms with Crippen LogP contribution in [-0.4, -0.2) is 60.6 Å². The second-order valence-electron chi connectivity index (χ2n) is 8.54. The van der Waals surface area contributed by atoms with E-state index >= 15 is 0 Å². The zero-order valence-corrected chi connectivity index (χ0v) is 18.9. The van der Waals surface area contributed by atoms with Crippen molar-refractivity contribution in [2.24, 2.45) is 16.1 Å². The Kier molecular flexibility index (Phi) is 5.67. The predicted octanol–water partition coefficient (Wildman–Crippen LogP) is 3.62. The van der Waals surface area contributed by atoms with Crippen molar-refractivity contribution in [3.8, 4) is 11.5 Å². The Morgan fingerprint density at radius 2 is 2.06 bits per heavy atom. The molecule has 1 aromatic heterocycles. The number of methoxy groups -OCH3 is 1. The molecule has 0 atom stereocenters. The lowest BCUT2D eigenvalue weighted by molar-refractivity contribution is 0.0107. The molecule has 5 rings (SSSR count). The van der Waals surface area contributed by atoms with E-state index in [9.17, 15) is 4.39 Å². The lowest BCUT2D eigenvalue weighted by atomic mass is 9.78.